The Hall–Kier alpha value is -2.19. The van der Waals surface area contributed by atoms with Crippen molar-refractivity contribution in [2.75, 3.05) is 25.6 Å². The Morgan fingerprint density at radius 2 is 2.14 bits per heavy atom. The molecule has 114 valence electrons. The molecule has 1 atom stereocenters. The van der Waals surface area contributed by atoms with Gasteiger partial charge in [0.25, 0.3) is 0 Å². The number of aliphatic hydroxyl groups is 1. The predicted octanol–water partition coefficient (Wildman–Crippen LogP) is -0.497. The Bertz CT molecular complexity index is 596. The number of hydrogen-bond donors (Lipinski definition) is 3. The van der Waals surface area contributed by atoms with E-state index in [1.165, 1.54) is 4.68 Å². The molecule has 0 amide bonds. The van der Waals surface area contributed by atoms with Gasteiger partial charge < -0.3 is 21.5 Å². The molecule has 0 aliphatic heterocycles. The first-order valence-electron chi connectivity index (χ1n) is 6.66. The smallest absolute Gasteiger partial charge is 0.241 e. The molecule has 8 nitrogen and oxygen atoms in total. The average molecular weight is 291 g/mol. The van der Waals surface area contributed by atoms with E-state index >= 15 is 0 Å². The van der Waals surface area contributed by atoms with Gasteiger partial charge in [0.05, 0.1) is 12.6 Å². The lowest BCUT2D eigenvalue weighted by Crippen LogP contribution is -2.21. The molecule has 2 heterocycles. The van der Waals surface area contributed by atoms with E-state index in [1.807, 2.05) is 26.2 Å². The number of nitrogens with two attached hydrogens (primary N) is 2. The standard InChI is InChI=1S/C13H21N7O/c1-19(2)7-9-3-4-16-10(5-9)6-11(21)8-20-13(15)17-12(14)18-20/h3-5,11,21H,6-8H2,1-2H3,(H4,14,15,17,18). The molecule has 2 rings (SSSR count). The first kappa shape index (κ1) is 15.2. The van der Waals surface area contributed by atoms with Crippen LogP contribution < -0.4 is 11.5 Å². The van der Waals surface area contributed by atoms with Crippen molar-refractivity contribution in [3.05, 3.63) is 29.6 Å². The van der Waals surface area contributed by atoms with Crippen LogP contribution in [-0.2, 0) is 19.5 Å². The summed E-state index contributed by atoms with van der Waals surface area (Å²) in [5.74, 6) is 0.298. The second kappa shape index (κ2) is 6.51. The van der Waals surface area contributed by atoms with Crippen molar-refractivity contribution in [2.45, 2.75) is 25.6 Å². The van der Waals surface area contributed by atoms with E-state index in [0.29, 0.717) is 6.42 Å². The maximum absolute atomic E-state index is 10.1. The van der Waals surface area contributed by atoms with E-state index in [4.69, 9.17) is 11.5 Å². The van der Waals surface area contributed by atoms with E-state index in [0.717, 1.165) is 17.8 Å². The summed E-state index contributed by atoms with van der Waals surface area (Å²) in [7, 11) is 4.01. The maximum atomic E-state index is 10.1. The zero-order valence-corrected chi connectivity index (χ0v) is 12.3. The molecule has 0 aromatic carbocycles. The van der Waals surface area contributed by atoms with Gasteiger partial charge in [-0.1, -0.05) is 0 Å². The summed E-state index contributed by atoms with van der Waals surface area (Å²) in [6, 6.07) is 3.95. The van der Waals surface area contributed by atoms with Crippen LogP contribution in [-0.4, -0.2) is 50.0 Å². The quantitative estimate of drug-likeness (QED) is 0.656. The van der Waals surface area contributed by atoms with Crippen LogP contribution in [0.3, 0.4) is 0 Å². The normalized spacial score (nSPS) is 12.8. The van der Waals surface area contributed by atoms with Crippen molar-refractivity contribution < 1.29 is 5.11 Å². The molecule has 2 aromatic heterocycles. The lowest BCUT2D eigenvalue weighted by molar-refractivity contribution is 0.149. The number of aliphatic hydroxyl groups excluding tert-OH is 1. The molecule has 0 aliphatic carbocycles. The van der Waals surface area contributed by atoms with Crippen molar-refractivity contribution in [3.63, 3.8) is 0 Å². The van der Waals surface area contributed by atoms with Gasteiger partial charge in [0, 0.05) is 24.9 Å². The van der Waals surface area contributed by atoms with Gasteiger partial charge >= 0.3 is 0 Å². The highest BCUT2D eigenvalue weighted by Crippen LogP contribution is 2.09. The Labute approximate surface area is 123 Å². The highest BCUT2D eigenvalue weighted by Gasteiger charge is 2.12. The van der Waals surface area contributed by atoms with Crippen LogP contribution in [0.15, 0.2) is 18.3 Å². The molecule has 8 heteroatoms. The number of pyridine rings is 1. The molecule has 1 unspecified atom stereocenters. The van der Waals surface area contributed by atoms with Crippen LogP contribution in [0.5, 0.6) is 0 Å². The molecule has 0 spiro atoms. The molecule has 5 N–H and O–H groups in total. The summed E-state index contributed by atoms with van der Waals surface area (Å²) in [5, 5.41) is 14.0. The lowest BCUT2D eigenvalue weighted by Gasteiger charge is -2.13. The molecule has 0 aliphatic rings. The summed E-state index contributed by atoms with van der Waals surface area (Å²) >= 11 is 0. The van der Waals surface area contributed by atoms with E-state index < -0.39 is 6.10 Å². The Balaban J connectivity index is 1.99. The largest absolute Gasteiger partial charge is 0.391 e. The molecule has 0 radical (unpaired) electrons. The van der Waals surface area contributed by atoms with Crippen molar-refractivity contribution >= 4 is 11.9 Å². The minimum Gasteiger partial charge on any atom is -0.391 e. The van der Waals surface area contributed by atoms with Crippen molar-refractivity contribution in [1.82, 2.24) is 24.6 Å². The third kappa shape index (κ3) is 4.40. The van der Waals surface area contributed by atoms with Crippen LogP contribution in [0.2, 0.25) is 0 Å². The molecule has 0 fully saturated rings. The van der Waals surface area contributed by atoms with Gasteiger partial charge in [0.2, 0.25) is 11.9 Å². The van der Waals surface area contributed by atoms with Crippen LogP contribution >= 0.6 is 0 Å². The third-order valence-electron chi connectivity index (χ3n) is 2.92. The first-order chi connectivity index (χ1) is 9.94. The second-order valence-corrected chi connectivity index (χ2v) is 5.26. The van der Waals surface area contributed by atoms with E-state index in [-0.39, 0.29) is 18.4 Å². The number of anilines is 2. The van der Waals surface area contributed by atoms with Crippen molar-refractivity contribution in [2.24, 2.45) is 0 Å². The van der Waals surface area contributed by atoms with Gasteiger partial charge in [-0.3, -0.25) is 4.98 Å². The van der Waals surface area contributed by atoms with Crippen LogP contribution in [0, 0.1) is 0 Å². The Morgan fingerprint density at radius 1 is 1.38 bits per heavy atom. The number of nitrogens with zero attached hydrogens (tertiary/aromatic N) is 5. The summed E-state index contributed by atoms with van der Waals surface area (Å²) in [5.41, 5.74) is 13.1. The number of rotatable bonds is 6. The third-order valence-corrected chi connectivity index (χ3v) is 2.92. The molecular weight excluding hydrogens is 270 g/mol. The van der Waals surface area contributed by atoms with Crippen molar-refractivity contribution in [3.8, 4) is 0 Å². The molecule has 0 bridgehead atoms. The fourth-order valence-corrected chi connectivity index (χ4v) is 2.12. The van der Waals surface area contributed by atoms with Crippen LogP contribution in [0.25, 0.3) is 0 Å². The first-order valence-corrected chi connectivity index (χ1v) is 6.66. The zero-order valence-electron chi connectivity index (χ0n) is 12.3. The Morgan fingerprint density at radius 3 is 2.76 bits per heavy atom. The predicted molar refractivity (Wildman–Crippen MR) is 80.2 cm³/mol. The minimum atomic E-state index is -0.657. The lowest BCUT2D eigenvalue weighted by atomic mass is 10.1. The van der Waals surface area contributed by atoms with Crippen LogP contribution in [0.4, 0.5) is 11.9 Å². The number of nitrogen functional groups attached to an aromatic ring is 2. The van der Waals surface area contributed by atoms with E-state index in [9.17, 15) is 5.11 Å². The fourth-order valence-electron chi connectivity index (χ4n) is 2.12. The molecule has 0 saturated heterocycles. The van der Waals surface area contributed by atoms with E-state index in [2.05, 4.69) is 20.0 Å². The van der Waals surface area contributed by atoms with Crippen molar-refractivity contribution in [1.29, 1.82) is 0 Å². The van der Waals surface area contributed by atoms with Gasteiger partial charge in [-0.15, -0.1) is 5.10 Å². The Kier molecular flexibility index (Phi) is 4.71. The molecular formula is C13H21N7O. The monoisotopic (exact) mass is 291 g/mol. The topological polar surface area (TPSA) is 119 Å². The number of hydrogen-bond acceptors (Lipinski definition) is 7. The van der Waals surface area contributed by atoms with Gasteiger partial charge in [0.15, 0.2) is 0 Å². The van der Waals surface area contributed by atoms with E-state index in [1.54, 1.807) is 6.20 Å². The van der Waals surface area contributed by atoms with Gasteiger partial charge in [-0.05, 0) is 31.8 Å². The van der Waals surface area contributed by atoms with Gasteiger partial charge in [-0.25, -0.2) is 4.68 Å². The number of aromatic nitrogens is 4. The summed E-state index contributed by atoms with van der Waals surface area (Å²) < 4.78 is 1.39. The van der Waals surface area contributed by atoms with Gasteiger partial charge in [0.1, 0.15) is 0 Å². The highest BCUT2D eigenvalue weighted by molar-refractivity contribution is 5.26. The highest BCUT2D eigenvalue weighted by atomic mass is 16.3. The second-order valence-electron chi connectivity index (χ2n) is 5.26. The summed E-state index contributed by atoms with van der Waals surface area (Å²) in [6.45, 7) is 1.06. The summed E-state index contributed by atoms with van der Waals surface area (Å²) in [6.07, 6.45) is 1.51. The summed E-state index contributed by atoms with van der Waals surface area (Å²) in [4.78, 5) is 10.1. The zero-order chi connectivity index (χ0) is 15.4. The SMILES string of the molecule is CN(C)Cc1ccnc(CC(O)Cn2nc(N)nc2N)c1. The minimum absolute atomic E-state index is 0.103. The average Bonchev–Trinajstić information content (AvgIpc) is 2.67. The molecule has 2 aromatic rings. The fraction of sp³-hybridized carbons (Fsp3) is 0.462. The van der Waals surface area contributed by atoms with Gasteiger partial charge in [-0.2, -0.15) is 4.98 Å². The molecule has 21 heavy (non-hydrogen) atoms. The molecule has 0 saturated carbocycles. The van der Waals surface area contributed by atoms with Crippen LogP contribution in [0.1, 0.15) is 11.3 Å². The maximum Gasteiger partial charge on any atom is 0.241 e.